The summed E-state index contributed by atoms with van der Waals surface area (Å²) in [4.78, 5) is 0. The van der Waals surface area contributed by atoms with Crippen molar-refractivity contribution in [3.05, 3.63) is 35.4 Å². The number of aryl methyl sites for hydroxylation is 1. The number of hydrogen-bond acceptors (Lipinski definition) is 1. The number of aliphatic hydroxyl groups is 1. The van der Waals surface area contributed by atoms with Crippen molar-refractivity contribution in [2.24, 2.45) is 5.92 Å². The number of aliphatic hydroxyl groups excluding tert-OH is 1. The van der Waals surface area contributed by atoms with E-state index in [0.717, 1.165) is 0 Å². The van der Waals surface area contributed by atoms with Crippen molar-refractivity contribution in [2.75, 3.05) is 6.61 Å². The Labute approximate surface area is 111 Å². The Morgan fingerprint density at radius 2 is 2.11 bits per heavy atom. The molecule has 1 aromatic carbocycles. The van der Waals surface area contributed by atoms with Crippen LogP contribution in [0.15, 0.2) is 24.3 Å². The van der Waals surface area contributed by atoms with Gasteiger partial charge in [0.2, 0.25) is 0 Å². The summed E-state index contributed by atoms with van der Waals surface area (Å²) in [6, 6.07) is 8.88. The molecule has 1 aromatic rings. The normalized spacial score (nSPS) is 26.3. The summed E-state index contributed by atoms with van der Waals surface area (Å²) in [5.41, 5.74) is 3.09. The van der Waals surface area contributed by atoms with Crippen LogP contribution in [0, 0.1) is 12.8 Å². The predicted octanol–water partition coefficient (Wildman–Crippen LogP) is 4.22. The summed E-state index contributed by atoms with van der Waals surface area (Å²) in [5, 5.41) is 9.47. The highest BCUT2D eigenvalue weighted by atomic mass is 16.3. The van der Waals surface area contributed by atoms with Crippen molar-refractivity contribution in [1.29, 1.82) is 0 Å². The second-order valence-electron chi connectivity index (χ2n) is 5.92. The maximum Gasteiger partial charge on any atom is 0.0468 e. The lowest BCUT2D eigenvalue weighted by Gasteiger charge is -2.18. The number of benzene rings is 1. The molecular weight excluding hydrogens is 220 g/mol. The van der Waals surface area contributed by atoms with Crippen LogP contribution in [-0.2, 0) is 5.41 Å². The quantitative estimate of drug-likeness (QED) is 0.714. The van der Waals surface area contributed by atoms with E-state index in [1.807, 2.05) is 0 Å². The lowest BCUT2D eigenvalue weighted by Crippen LogP contribution is -2.12. The molecular formula is C17H26O. The number of rotatable bonds is 7. The summed E-state index contributed by atoms with van der Waals surface area (Å²) >= 11 is 0. The van der Waals surface area contributed by atoms with Gasteiger partial charge in [0.1, 0.15) is 0 Å². The maximum atomic E-state index is 9.47. The first kappa shape index (κ1) is 13.6. The fourth-order valence-corrected chi connectivity index (χ4v) is 3.25. The molecule has 2 atom stereocenters. The smallest absolute Gasteiger partial charge is 0.0468 e. The van der Waals surface area contributed by atoms with Gasteiger partial charge in [-0.25, -0.2) is 0 Å². The molecule has 1 fully saturated rings. The van der Waals surface area contributed by atoms with Gasteiger partial charge in [-0.15, -0.1) is 0 Å². The fraction of sp³-hybridized carbons (Fsp3) is 0.647. The van der Waals surface area contributed by atoms with E-state index < -0.39 is 0 Å². The number of hydrogen-bond donors (Lipinski definition) is 1. The molecule has 1 N–H and O–H groups in total. The van der Waals surface area contributed by atoms with E-state index in [1.54, 1.807) is 0 Å². The summed E-state index contributed by atoms with van der Waals surface area (Å²) in [5.74, 6) is 0.501. The molecule has 1 nitrogen and oxygen atoms in total. The van der Waals surface area contributed by atoms with Gasteiger partial charge in [-0.05, 0) is 31.2 Å². The van der Waals surface area contributed by atoms with Crippen LogP contribution in [0.25, 0.3) is 0 Å². The zero-order chi connectivity index (χ0) is 13.0. The van der Waals surface area contributed by atoms with Crippen molar-refractivity contribution < 1.29 is 5.11 Å². The van der Waals surface area contributed by atoms with Gasteiger partial charge >= 0.3 is 0 Å². The molecule has 18 heavy (non-hydrogen) atoms. The van der Waals surface area contributed by atoms with Crippen LogP contribution in [0.1, 0.15) is 56.6 Å². The van der Waals surface area contributed by atoms with E-state index in [4.69, 9.17) is 0 Å². The molecule has 2 rings (SSSR count). The largest absolute Gasteiger partial charge is 0.396 e. The van der Waals surface area contributed by atoms with Crippen molar-refractivity contribution >= 4 is 0 Å². The standard InChI is InChI=1S/C17H26O/c1-3-4-5-6-10-17(12-16(17)13-18)15-9-7-8-14(2)11-15/h7-9,11,16,18H,3-6,10,12-13H2,1-2H3/t16-,17+/m1/s1. The zero-order valence-corrected chi connectivity index (χ0v) is 11.8. The summed E-state index contributed by atoms with van der Waals surface area (Å²) in [6.45, 7) is 4.76. The average Bonchev–Trinajstić information content (AvgIpc) is 3.10. The first-order chi connectivity index (χ1) is 8.73. The third kappa shape index (κ3) is 2.77. The molecule has 0 spiro atoms. The van der Waals surface area contributed by atoms with Crippen LogP contribution >= 0.6 is 0 Å². The van der Waals surface area contributed by atoms with E-state index in [1.165, 1.54) is 49.7 Å². The van der Waals surface area contributed by atoms with E-state index in [9.17, 15) is 5.11 Å². The monoisotopic (exact) mass is 246 g/mol. The predicted molar refractivity (Wildman–Crippen MR) is 76.8 cm³/mol. The molecule has 0 amide bonds. The molecule has 100 valence electrons. The van der Waals surface area contributed by atoms with Gasteiger partial charge < -0.3 is 5.11 Å². The molecule has 0 aromatic heterocycles. The molecule has 0 radical (unpaired) electrons. The summed E-state index contributed by atoms with van der Waals surface area (Å²) in [6.07, 6.45) is 7.70. The average molecular weight is 246 g/mol. The highest BCUT2D eigenvalue weighted by Gasteiger charge is 2.53. The van der Waals surface area contributed by atoms with Crippen molar-refractivity contribution in [3.63, 3.8) is 0 Å². The third-order valence-electron chi connectivity index (χ3n) is 4.52. The first-order valence-electron chi connectivity index (χ1n) is 7.41. The Morgan fingerprint density at radius 1 is 1.28 bits per heavy atom. The second-order valence-corrected chi connectivity index (χ2v) is 5.92. The summed E-state index contributed by atoms with van der Waals surface area (Å²) in [7, 11) is 0. The van der Waals surface area contributed by atoms with Crippen LogP contribution in [0.5, 0.6) is 0 Å². The highest BCUT2D eigenvalue weighted by Crippen LogP contribution is 2.57. The molecule has 0 unspecified atom stereocenters. The van der Waals surface area contributed by atoms with Gasteiger partial charge in [0, 0.05) is 12.0 Å². The lowest BCUT2D eigenvalue weighted by atomic mass is 9.87. The molecule has 1 saturated carbocycles. The van der Waals surface area contributed by atoms with Crippen molar-refractivity contribution in [2.45, 2.75) is 57.8 Å². The van der Waals surface area contributed by atoms with Crippen LogP contribution in [0.2, 0.25) is 0 Å². The Bertz CT molecular complexity index is 385. The van der Waals surface area contributed by atoms with Crippen LogP contribution in [0.3, 0.4) is 0 Å². The molecule has 0 saturated heterocycles. The SMILES string of the molecule is CCCCCC[C@@]1(c2cccc(C)c2)C[C@@H]1CO. The molecule has 0 aliphatic heterocycles. The maximum absolute atomic E-state index is 9.47. The van der Waals surface area contributed by atoms with E-state index in [0.29, 0.717) is 17.9 Å². The minimum atomic E-state index is 0.300. The van der Waals surface area contributed by atoms with E-state index >= 15 is 0 Å². The zero-order valence-electron chi connectivity index (χ0n) is 11.8. The topological polar surface area (TPSA) is 20.2 Å². The van der Waals surface area contributed by atoms with Crippen LogP contribution < -0.4 is 0 Å². The van der Waals surface area contributed by atoms with Crippen molar-refractivity contribution in [3.8, 4) is 0 Å². The molecule has 0 heterocycles. The van der Waals surface area contributed by atoms with E-state index in [2.05, 4.69) is 38.1 Å². The second kappa shape index (κ2) is 5.88. The molecule has 0 bridgehead atoms. The van der Waals surface area contributed by atoms with Crippen LogP contribution in [0.4, 0.5) is 0 Å². The highest BCUT2D eigenvalue weighted by molar-refractivity contribution is 5.36. The van der Waals surface area contributed by atoms with Crippen molar-refractivity contribution in [1.82, 2.24) is 0 Å². The van der Waals surface area contributed by atoms with Gasteiger partial charge in [0.05, 0.1) is 0 Å². The lowest BCUT2D eigenvalue weighted by molar-refractivity contribution is 0.260. The molecule has 1 heteroatoms. The molecule has 1 aliphatic rings. The van der Waals surface area contributed by atoms with Gasteiger partial charge in [0.25, 0.3) is 0 Å². The van der Waals surface area contributed by atoms with E-state index in [-0.39, 0.29) is 0 Å². The van der Waals surface area contributed by atoms with Gasteiger partial charge in [-0.1, -0.05) is 62.4 Å². The Balaban J connectivity index is 2.04. The van der Waals surface area contributed by atoms with Gasteiger partial charge in [-0.2, -0.15) is 0 Å². The molecule has 1 aliphatic carbocycles. The summed E-state index contributed by atoms with van der Waals surface area (Å²) < 4.78 is 0. The number of unbranched alkanes of at least 4 members (excludes halogenated alkanes) is 3. The van der Waals surface area contributed by atoms with Crippen LogP contribution in [-0.4, -0.2) is 11.7 Å². The third-order valence-corrected chi connectivity index (χ3v) is 4.52. The first-order valence-corrected chi connectivity index (χ1v) is 7.41. The fourth-order valence-electron chi connectivity index (χ4n) is 3.25. The Hall–Kier alpha value is -0.820. The minimum Gasteiger partial charge on any atom is -0.396 e. The minimum absolute atomic E-state index is 0.300. The van der Waals surface area contributed by atoms with Gasteiger partial charge in [-0.3, -0.25) is 0 Å². The van der Waals surface area contributed by atoms with Gasteiger partial charge in [0.15, 0.2) is 0 Å². The Morgan fingerprint density at radius 3 is 2.72 bits per heavy atom. The Kier molecular flexibility index (Phi) is 4.45.